The van der Waals surface area contributed by atoms with E-state index in [1.807, 2.05) is 12.4 Å². The number of aromatic nitrogens is 1. The monoisotopic (exact) mass is 246 g/mol. The van der Waals surface area contributed by atoms with Crippen LogP contribution in [-0.4, -0.2) is 11.5 Å². The Morgan fingerprint density at radius 2 is 2.22 bits per heavy atom. The van der Waals surface area contributed by atoms with Gasteiger partial charge >= 0.3 is 0 Å². The van der Waals surface area contributed by atoms with Crippen molar-refractivity contribution in [2.45, 2.75) is 52.5 Å². The molecule has 0 bridgehead atoms. The molecule has 18 heavy (non-hydrogen) atoms. The molecule has 0 saturated heterocycles. The summed E-state index contributed by atoms with van der Waals surface area (Å²) in [7, 11) is 0. The van der Waals surface area contributed by atoms with Crippen LogP contribution in [0.3, 0.4) is 0 Å². The van der Waals surface area contributed by atoms with Crippen LogP contribution in [0.2, 0.25) is 0 Å². The molecule has 1 heterocycles. The fourth-order valence-corrected chi connectivity index (χ4v) is 3.23. The van der Waals surface area contributed by atoms with Gasteiger partial charge in [-0.3, -0.25) is 4.98 Å². The molecule has 1 saturated carbocycles. The SMILES string of the molecule is CCCNC(c1cncc(C)c1)C1CCCC1C. The average Bonchev–Trinajstić information content (AvgIpc) is 2.77. The number of hydrogen-bond donors (Lipinski definition) is 1. The second-order valence-corrected chi connectivity index (χ2v) is 5.80. The van der Waals surface area contributed by atoms with Crippen LogP contribution in [0.5, 0.6) is 0 Å². The third kappa shape index (κ3) is 3.11. The molecule has 1 fully saturated rings. The molecule has 100 valence electrons. The van der Waals surface area contributed by atoms with Crippen molar-refractivity contribution in [1.82, 2.24) is 10.3 Å². The van der Waals surface area contributed by atoms with Crippen LogP contribution in [-0.2, 0) is 0 Å². The quantitative estimate of drug-likeness (QED) is 0.853. The third-order valence-electron chi connectivity index (χ3n) is 4.23. The number of aryl methyl sites for hydroxylation is 1. The van der Waals surface area contributed by atoms with Crippen LogP contribution in [0.1, 0.15) is 56.7 Å². The number of nitrogens with zero attached hydrogens (tertiary/aromatic N) is 1. The highest BCUT2D eigenvalue weighted by Crippen LogP contribution is 2.40. The lowest BCUT2D eigenvalue weighted by atomic mass is 9.86. The van der Waals surface area contributed by atoms with Crippen LogP contribution >= 0.6 is 0 Å². The maximum absolute atomic E-state index is 4.37. The predicted octanol–water partition coefficient (Wildman–Crippen LogP) is 3.87. The van der Waals surface area contributed by atoms with Gasteiger partial charge in [-0.15, -0.1) is 0 Å². The molecule has 1 aliphatic rings. The molecule has 3 atom stereocenters. The molecular weight excluding hydrogens is 220 g/mol. The van der Waals surface area contributed by atoms with Gasteiger partial charge in [0.15, 0.2) is 0 Å². The first kappa shape index (κ1) is 13.5. The van der Waals surface area contributed by atoms with Gasteiger partial charge in [0.05, 0.1) is 0 Å². The molecule has 0 amide bonds. The second-order valence-electron chi connectivity index (χ2n) is 5.80. The largest absolute Gasteiger partial charge is 0.310 e. The minimum Gasteiger partial charge on any atom is -0.310 e. The lowest BCUT2D eigenvalue weighted by Gasteiger charge is -2.28. The van der Waals surface area contributed by atoms with E-state index < -0.39 is 0 Å². The molecule has 1 aromatic heterocycles. The summed E-state index contributed by atoms with van der Waals surface area (Å²) < 4.78 is 0. The average molecular weight is 246 g/mol. The maximum atomic E-state index is 4.37. The zero-order valence-corrected chi connectivity index (χ0v) is 11.9. The molecule has 0 aromatic carbocycles. The minimum atomic E-state index is 0.495. The number of nitrogens with one attached hydrogen (secondary N) is 1. The van der Waals surface area contributed by atoms with Gasteiger partial charge in [0.1, 0.15) is 0 Å². The lowest BCUT2D eigenvalue weighted by Crippen LogP contribution is -2.30. The van der Waals surface area contributed by atoms with Crippen LogP contribution in [0, 0.1) is 18.8 Å². The van der Waals surface area contributed by atoms with Crippen molar-refractivity contribution in [2.24, 2.45) is 11.8 Å². The number of rotatable bonds is 5. The molecule has 1 aliphatic carbocycles. The molecule has 2 rings (SSSR count). The van der Waals surface area contributed by atoms with E-state index in [9.17, 15) is 0 Å². The zero-order valence-electron chi connectivity index (χ0n) is 11.9. The first-order valence-electron chi connectivity index (χ1n) is 7.37. The van der Waals surface area contributed by atoms with Crippen molar-refractivity contribution in [3.05, 3.63) is 29.6 Å². The van der Waals surface area contributed by atoms with E-state index in [1.54, 1.807) is 0 Å². The normalized spacial score (nSPS) is 25.3. The van der Waals surface area contributed by atoms with Gasteiger partial charge in [-0.1, -0.05) is 32.8 Å². The van der Waals surface area contributed by atoms with Gasteiger partial charge in [-0.2, -0.15) is 0 Å². The molecule has 2 heteroatoms. The Morgan fingerprint density at radius 3 is 2.83 bits per heavy atom. The van der Waals surface area contributed by atoms with E-state index in [0.29, 0.717) is 6.04 Å². The Labute approximate surface area is 111 Å². The summed E-state index contributed by atoms with van der Waals surface area (Å²) in [6, 6.07) is 2.79. The maximum Gasteiger partial charge on any atom is 0.0366 e. The van der Waals surface area contributed by atoms with Crippen molar-refractivity contribution < 1.29 is 0 Å². The van der Waals surface area contributed by atoms with Gasteiger partial charge in [0.25, 0.3) is 0 Å². The van der Waals surface area contributed by atoms with E-state index >= 15 is 0 Å². The Hall–Kier alpha value is -0.890. The van der Waals surface area contributed by atoms with Crippen molar-refractivity contribution in [2.75, 3.05) is 6.54 Å². The van der Waals surface area contributed by atoms with Crippen molar-refractivity contribution in [3.8, 4) is 0 Å². The van der Waals surface area contributed by atoms with Crippen molar-refractivity contribution in [1.29, 1.82) is 0 Å². The van der Waals surface area contributed by atoms with Crippen LogP contribution < -0.4 is 5.32 Å². The summed E-state index contributed by atoms with van der Waals surface area (Å²) in [5.74, 6) is 1.61. The lowest BCUT2D eigenvalue weighted by molar-refractivity contribution is 0.301. The molecule has 0 aliphatic heterocycles. The Kier molecular flexibility index (Phi) is 4.76. The van der Waals surface area contributed by atoms with E-state index in [2.05, 4.69) is 37.1 Å². The summed E-state index contributed by atoms with van der Waals surface area (Å²) in [6.45, 7) is 7.87. The fraction of sp³-hybridized carbons (Fsp3) is 0.688. The molecule has 1 aromatic rings. The van der Waals surface area contributed by atoms with E-state index in [0.717, 1.165) is 18.4 Å². The fourth-order valence-electron chi connectivity index (χ4n) is 3.23. The summed E-state index contributed by atoms with van der Waals surface area (Å²) in [5, 5.41) is 3.75. The van der Waals surface area contributed by atoms with Gasteiger partial charge in [-0.05, 0) is 49.3 Å². The Morgan fingerprint density at radius 1 is 1.39 bits per heavy atom. The smallest absolute Gasteiger partial charge is 0.0366 e. The Bertz CT molecular complexity index is 375. The van der Waals surface area contributed by atoms with Gasteiger partial charge < -0.3 is 5.32 Å². The first-order chi connectivity index (χ1) is 8.72. The molecule has 0 spiro atoms. The van der Waals surface area contributed by atoms with Crippen LogP contribution in [0.4, 0.5) is 0 Å². The standard InChI is InChI=1S/C16H26N2/c1-4-8-18-16(15-7-5-6-13(15)3)14-9-12(2)10-17-11-14/h9-11,13,15-16,18H,4-8H2,1-3H3. The van der Waals surface area contributed by atoms with Crippen molar-refractivity contribution in [3.63, 3.8) is 0 Å². The van der Waals surface area contributed by atoms with Crippen molar-refractivity contribution >= 4 is 0 Å². The van der Waals surface area contributed by atoms with E-state index in [-0.39, 0.29) is 0 Å². The third-order valence-corrected chi connectivity index (χ3v) is 4.23. The molecule has 0 radical (unpaired) electrons. The van der Waals surface area contributed by atoms with Crippen LogP contribution in [0.15, 0.2) is 18.5 Å². The molecule has 3 unspecified atom stereocenters. The molecule has 2 nitrogen and oxygen atoms in total. The Balaban J connectivity index is 2.18. The predicted molar refractivity (Wildman–Crippen MR) is 76.5 cm³/mol. The summed E-state index contributed by atoms with van der Waals surface area (Å²) in [4.78, 5) is 4.37. The molecular formula is C16H26N2. The summed E-state index contributed by atoms with van der Waals surface area (Å²) in [6.07, 6.45) is 9.31. The van der Waals surface area contributed by atoms with Gasteiger partial charge in [0.2, 0.25) is 0 Å². The van der Waals surface area contributed by atoms with E-state index in [4.69, 9.17) is 0 Å². The second kappa shape index (κ2) is 6.33. The zero-order chi connectivity index (χ0) is 13.0. The van der Waals surface area contributed by atoms with Gasteiger partial charge in [0, 0.05) is 18.4 Å². The summed E-state index contributed by atoms with van der Waals surface area (Å²) in [5.41, 5.74) is 2.64. The summed E-state index contributed by atoms with van der Waals surface area (Å²) >= 11 is 0. The van der Waals surface area contributed by atoms with Gasteiger partial charge in [-0.25, -0.2) is 0 Å². The van der Waals surface area contributed by atoms with E-state index in [1.165, 1.54) is 36.8 Å². The molecule has 1 N–H and O–H groups in total. The highest BCUT2D eigenvalue weighted by molar-refractivity contribution is 5.21. The number of hydrogen-bond acceptors (Lipinski definition) is 2. The topological polar surface area (TPSA) is 24.9 Å². The number of pyridine rings is 1. The highest BCUT2D eigenvalue weighted by Gasteiger charge is 2.31. The minimum absolute atomic E-state index is 0.495. The first-order valence-corrected chi connectivity index (χ1v) is 7.37. The highest BCUT2D eigenvalue weighted by atomic mass is 14.9. The van der Waals surface area contributed by atoms with Crippen LogP contribution in [0.25, 0.3) is 0 Å².